The molecule has 0 bridgehead atoms. The van der Waals surface area contributed by atoms with Crippen molar-refractivity contribution in [2.75, 3.05) is 7.11 Å². The van der Waals surface area contributed by atoms with Crippen molar-refractivity contribution in [1.82, 2.24) is 0 Å². The number of ether oxygens (including phenoxy) is 1. The van der Waals surface area contributed by atoms with E-state index in [1.807, 2.05) is 0 Å². The number of rotatable bonds is 3. The maximum absolute atomic E-state index is 11.7. The van der Waals surface area contributed by atoms with E-state index in [-0.39, 0.29) is 39.3 Å². The van der Waals surface area contributed by atoms with Gasteiger partial charge in [0.25, 0.3) is 0 Å². The third-order valence-electron chi connectivity index (χ3n) is 2.95. The largest absolute Gasteiger partial charge is 0.507 e. The van der Waals surface area contributed by atoms with Crippen LogP contribution in [0.15, 0.2) is 15.3 Å². The van der Waals surface area contributed by atoms with Crippen LogP contribution in [0.2, 0.25) is 5.02 Å². The third-order valence-corrected chi connectivity index (χ3v) is 3.23. The predicted octanol–water partition coefficient (Wildman–Crippen LogP) is 2.42. The zero-order chi connectivity index (χ0) is 15.0. The monoisotopic (exact) mass is 298 g/mol. The minimum Gasteiger partial charge on any atom is -0.507 e. The Labute approximate surface area is 118 Å². The van der Waals surface area contributed by atoms with Crippen LogP contribution in [0.4, 0.5) is 0 Å². The van der Waals surface area contributed by atoms with Gasteiger partial charge in [0.2, 0.25) is 0 Å². The van der Waals surface area contributed by atoms with Gasteiger partial charge >= 0.3 is 11.6 Å². The van der Waals surface area contributed by atoms with Crippen LogP contribution in [0.1, 0.15) is 22.8 Å². The zero-order valence-electron chi connectivity index (χ0n) is 10.7. The van der Waals surface area contributed by atoms with Gasteiger partial charge in [-0.25, -0.2) is 9.59 Å². The minimum atomic E-state index is -1.32. The Morgan fingerprint density at radius 2 is 2.15 bits per heavy atom. The van der Waals surface area contributed by atoms with Crippen LogP contribution < -0.4 is 10.4 Å². The number of benzene rings is 1. The van der Waals surface area contributed by atoms with E-state index in [2.05, 4.69) is 0 Å². The highest BCUT2D eigenvalue weighted by Crippen LogP contribution is 2.39. The number of aromatic carboxylic acids is 1. The summed E-state index contributed by atoms with van der Waals surface area (Å²) >= 11 is 5.94. The highest BCUT2D eigenvalue weighted by atomic mass is 35.5. The maximum Gasteiger partial charge on any atom is 0.343 e. The Morgan fingerprint density at radius 1 is 1.50 bits per heavy atom. The molecule has 1 heterocycles. The SMILES string of the molecule is CCc1c(O)c2c(C(=O)O)c(OC)cc(Cl)c2oc1=O. The molecule has 2 N–H and O–H groups in total. The summed E-state index contributed by atoms with van der Waals surface area (Å²) in [5.41, 5.74) is -1.24. The van der Waals surface area contributed by atoms with E-state index in [0.29, 0.717) is 0 Å². The molecule has 2 rings (SSSR count). The number of carboxylic acid groups (broad SMARTS) is 1. The zero-order valence-corrected chi connectivity index (χ0v) is 11.4. The number of aromatic hydroxyl groups is 1. The minimum absolute atomic E-state index is 0.00989. The molecule has 1 aromatic heterocycles. The van der Waals surface area contributed by atoms with Crippen LogP contribution in [-0.2, 0) is 6.42 Å². The lowest BCUT2D eigenvalue weighted by Gasteiger charge is -2.12. The maximum atomic E-state index is 11.7. The molecule has 106 valence electrons. The molecular formula is C13H11ClO6. The van der Waals surface area contributed by atoms with E-state index < -0.39 is 17.3 Å². The van der Waals surface area contributed by atoms with Gasteiger partial charge < -0.3 is 19.4 Å². The fourth-order valence-corrected chi connectivity index (χ4v) is 2.25. The van der Waals surface area contributed by atoms with Crippen LogP contribution in [0.5, 0.6) is 11.5 Å². The molecule has 7 heteroatoms. The Bertz CT molecular complexity index is 762. The number of carboxylic acids is 1. The van der Waals surface area contributed by atoms with Crippen molar-refractivity contribution in [3.63, 3.8) is 0 Å². The van der Waals surface area contributed by atoms with Gasteiger partial charge in [-0.15, -0.1) is 0 Å². The van der Waals surface area contributed by atoms with Crippen molar-refractivity contribution in [2.45, 2.75) is 13.3 Å². The molecule has 2 aromatic rings. The summed E-state index contributed by atoms with van der Waals surface area (Å²) < 4.78 is 9.98. The second kappa shape index (κ2) is 5.05. The molecule has 0 atom stereocenters. The van der Waals surface area contributed by atoms with E-state index in [4.69, 9.17) is 20.8 Å². The second-order valence-corrected chi connectivity index (χ2v) is 4.42. The van der Waals surface area contributed by atoms with Crippen LogP contribution in [0.3, 0.4) is 0 Å². The van der Waals surface area contributed by atoms with Crippen LogP contribution in [-0.4, -0.2) is 23.3 Å². The molecule has 0 amide bonds. The normalized spacial score (nSPS) is 10.8. The van der Waals surface area contributed by atoms with Crippen molar-refractivity contribution in [3.05, 3.63) is 32.6 Å². The quantitative estimate of drug-likeness (QED) is 0.845. The molecule has 6 nitrogen and oxygen atoms in total. The molecule has 0 aliphatic rings. The summed E-state index contributed by atoms with van der Waals surface area (Å²) in [6, 6.07) is 1.22. The number of hydrogen-bond acceptors (Lipinski definition) is 5. The Hall–Kier alpha value is -2.21. The standard InChI is InChI=1S/C13H11ClO6/c1-3-5-10(15)9-8(12(16)17)7(19-2)4-6(14)11(9)20-13(5)18/h4,15H,3H2,1-2H3,(H,16,17). The smallest absolute Gasteiger partial charge is 0.343 e. The number of halogens is 1. The molecule has 0 saturated heterocycles. The fourth-order valence-electron chi connectivity index (χ4n) is 2.02. The fraction of sp³-hybridized carbons (Fsp3) is 0.231. The van der Waals surface area contributed by atoms with Gasteiger partial charge in [-0.1, -0.05) is 18.5 Å². The average molecular weight is 299 g/mol. The first-order valence-corrected chi connectivity index (χ1v) is 6.08. The van der Waals surface area contributed by atoms with Crippen molar-refractivity contribution >= 4 is 28.5 Å². The molecule has 0 aliphatic heterocycles. The Kier molecular flexibility index (Phi) is 3.59. The molecule has 0 unspecified atom stereocenters. The van der Waals surface area contributed by atoms with Gasteiger partial charge in [-0.3, -0.25) is 0 Å². The molecule has 20 heavy (non-hydrogen) atoms. The van der Waals surface area contributed by atoms with E-state index >= 15 is 0 Å². The van der Waals surface area contributed by atoms with E-state index in [0.717, 1.165) is 0 Å². The average Bonchev–Trinajstić information content (AvgIpc) is 2.39. The van der Waals surface area contributed by atoms with Crippen molar-refractivity contribution in [1.29, 1.82) is 0 Å². The first-order chi connectivity index (χ1) is 9.42. The molecule has 0 spiro atoms. The van der Waals surface area contributed by atoms with Crippen LogP contribution in [0, 0.1) is 0 Å². The first kappa shape index (κ1) is 14.2. The van der Waals surface area contributed by atoms with Gasteiger partial charge in [0.1, 0.15) is 17.1 Å². The second-order valence-electron chi connectivity index (χ2n) is 4.02. The number of carbonyl (C=O) groups is 1. The topological polar surface area (TPSA) is 97.0 Å². The Balaban J connectivity index is 3.11. The summed E-state index contributed by atoms with van der Waals surface area (Å²) in [7, 11) is 1.28. The van der Waals surface area contributed by atoms with Gasteiger partial charge in [-0.2, -0.15) is 0 Å². The predicted molar refractivity (Wildman–Crippen MR) is 72.0 cm³/mol. The summed E-state index contributed by atoms with van der Waals surface area (Å²) in [5.74, 6) is -1.80. The van der Waals surface area contributed by atoms with E-state index in [9.17, 15) is 19.8 Å². The van der Waals surface area contributed by atoms with Crippen molar-refractivity contribution in [3.8, 4) is 11.5 Å². The van der Waals surface area contributed by atoms with Gasteiger partial charge in [-0.05, 0) is 6.42 Å². The highest BCUT2D eigenvalue weighted by Gasteiger charge is 2.25. The molecular weight excluding hydrogens is 288 g/mol. The molecule has 0 radical (unpaired) electrons. The number of fused-ring (bicyclic) bond motifs is 1. The lowest BCUT2D eigenvalue weighted by atomic mass is 10.0. The summed E-state index contributed by atoms with van der Waals surface area (Å²) in [5, 5.41) is 19.3. The lowest BCUT2D eigenvalue weighted by Crippen LogP contribution is -2.10. The first-order valence-electron chi connectivity index (χ1n) is 5.70. The Morgan fingerprint density at radius 3 is 2.65 bits per heavy atom. The lowest BCUT2D eigenvalue weighted by molar-refractivity contribution is 0.0695. The number of methoxy groups -OCH3 is 1. The van der Waals surface area contributed by atoms with Crippen molar-refractivity contribution in [2.24, 2.45) is 0 Å². The van der Waals surface area contributed by atoms with E-state index in [1.54, 1.807) is 6.92 Å². The molecule has 0 aliphatic carbocycles. The van der Waals surface area contributed by atoms with Gasteiger partial charge in [0.15, 0.2) is 5.58 Å². The molecule has 0 saturated carbocycles. The van der Waals surface area contributed by atoms with Crippen LogP contribution >= 0.6 is 11.6 Å². The summed E-state index contributed by atoms with van der Waals surface area (Å²) in [6.45, 7) is 1.64. The van der Waals surface area contributed by atoms with E-state index in [1.165, 1.54) is 13.2 Å². The molecule has 1 aromatic carbocycles. The number of hydrogen-bond donors (Lipinski definition) is 2. The summed E-state index contributed by atoms with van der Waals surface area (Å²) in [6.07, 6.45) is 0.192. The molecule has 0 fully saturated rings. The summed E-state index contributed by atoms with van der Waals surface area (Å²) in [4.78, 5) is 23.1. The highest BCUT2D eigenvalue weighted by molar-refractivity contribution is 6.36. The van der Waals surface area contributed by atoms with Gasteiger partial charge in [0.05, 0.1) is 23.1 Å². The third kappa shape index (κ3) is 1.98. The van der Waals surface area contributed by atoms with Gasteiger partial charge in [0, 0.05) is 6.07 Å². The van der Waals surface area contributed by atoms with Crippen molar-refractivity contribution < 1.29 is 24.2 Å². The van der Waals surface area contributed by atoms with Crippen LogP contribution in [0.25, 0.3) is 11.0 Å².